The molecule has 0 unspecified atom stereocenters. The van der Waals surface area contributed by atoms with Crippen molar-refractivity contribution in [3.8, 4) is 0 Å². The number of rotatable bonds is 3. The number of hydrogen-bond donors (Lipinski definition) is 1. The first-order valence-corrected chi connectivity index (χ1v) is 5.29. The second-order valence-electron chi connectivity index (χ2n) is 5.08. The Morgan fingerprint density at radius 1 is 1.24 bits per heavy atom. The maximum atomic E-state index is 10.9. The lowest BCUT2D eigenvalue weighted by Gasteiger charge is -2.07. The Labute approximate surface area is 103 Å². The van der Waals surface area contributed by atoms with Crippen LogP contribution in [-0.2, 0) is 14.3 Å². The largest absolute Gasteiger partial charge is 0.550 e. The number of carbonyl (C=O) groups excluding carboxylic acids is 2. The van der Waals surface area contributed by atoms with Crippen LogP contribution in [0.15, 0.2) is 11.1 Å². The van der Waals surface area contributed by atoms with E-state index in [0.717, 1.165) is 0 Å². The maximum absolute atomic E-state index is 10.9. The van der Waals surface area contributed by atoms with Crippen LogP contribution in [-0.4, -0.2) is 24.6 Å². The first-order chi connectivity index (χ1) is 7.49. The fraction of sp³-hybridized carbons (Fsp3) is 0.667. The number of methoxy groups -OCH3 is 1. The highest BCUT2D eigenvalue weighted by molar-refractivity contribution is 5.93. The predicted octanol–water partition coefficient (Wildman–Crippen LogP) is -0.337. The lowest BCUT2D eigenvalue weighted by molar-refractivity contribution is -0.458. The van der Waals surface area contributed by atoms with Gasteiger partial charge < -0.3 is 20.4 Å². The molecule has 0 aromatic heterocycles. The van der Waals surface area contributed by atoms with Gasteiger partial charge in [0.1, 0.15) is 0 Å². The number of ether oxygens (including phenoxy) is 1. The van der Waals surface area contributed by atoms with Crippen molar-refractivity contribution in [1.82, 2.24) is 0 Å². The normalized spacial score (nSPS) is 9.82. The molecule has 0 radical (unpaired) electrons. The molecule has 5 heteroatoms. The van der Waals surface area contributed by atoms with Gasteiger partial charge in [0.25, 0.3) is 0 Å². The number of hydrogen-bond acceptors (Lipinski definition) is 4. The molecule has 5 nitrogen and oxygen atoms in total. The van der Waals surface area contributed by atoms with Crippen molar-refractivity contribution in [2.24, 2.45) is 0 Å². The Kier molecular flexibility index (Phi) is 8.31. The van der Waals surface area contributed by atoms with Crippen LogP contribution in [0.1, 0.15) is 41.0 Å². The van der Waals surface area contributed by atoms with E-state index in [1.807, 2.05) is 0 Å². The average molecular weight is 245 g/mol. The van der Waals surface area contributed by atoms with E-state index in [2.05, 4.69) is 31.2 Å². The van der Waals surface area contributed by atoms with Crippen molar-refractivity contribution in [2.45, 2.75) is 46.6 Å². The van der Waals surface area contributed by atoms with Crippen molar-refractivity contribution in [3.63, 3.8) is 0 Å². The van der Waals surface area contributed by atoms with Gasteiger partial charge in [-0.2, -0.15) is 0 Å². The Bertz CT molecular complexity index is 290. The summed E-state index contributed by atoms with van der Waals surface area (Å²) in [6.07, 6.45) is -0.394. The molecule has 3 N–H and O–H groups in total. The molecule has 0 rings (SSSR count). The van der Waals surface area contributed by atoms with Gasteiger partial charge in [-0.1, -0.05) is 5.57 Å². The van der Waals surface area contributed by atoms with Gasteiger partial charge in [-0.15, -0.1) is 0 Å². The fourth-order valence-electron chi connectivity index (χ4n) is 0.721. The van der Waals surface area contributed by atoms with Gasteiger partial charge in [0.05, 0.1) is 12.6 Å². The number of carboxylic acids is 1. The zero-order valence-corrected chi connectivity index (χ0v) is 11.5. The minimum atomic E-state index is -1.28. The highest BCUT2D eigenvalue weighted by Gasteiger charge is 2.10. The summed E-state index contributed by atoms with van der Waals surface area (Å²) in [6.45, 7) is 9.53. The number of esters is 1. The monoisotopic (exact) mass is 245 g/mol. The number of allylic oxidation sites excluding steroid dienone is 1. The minimum Gasteiger partial charge on any atom is -0.550 e. The van der Waals surface area contributed by atoms with E-state index in [1.54, 1.807) is 13.8 Å². The zero-order valence-electron chi connectivity index (χ0n) is 11.5. The Morgan fingerprint density at radius 3 is 1.76 bits per heavy atom. The fourth-order valence-corrected chi connectivity index (χ4v) is 0.721. The number of quaternary nitrogens is 1. The van der Waals surface area contributed by atoms with Crippen LogP contribution in [0.25, 0.3) is 0 Å². The van der Waals surface area contributed by atoms with Crippen LogP contribution in [0, 0.1) is 0 Å². The van der Waals surface area contributed by atoms with Gasteiger partial charge in [0, 0.05) is 18.0 Å². The van der Waals surface area contributed by atoms with E-state index in [-0.39, 0.29) is 11.1 Å². The smallest absolute Gasteiger partial charge is 0.334 e. The van der Waals surface area contributed by atoms with E-state index in [9.17, 15) is 14.7 Å². The Morgan fingerprint density at radius 2 is 1.59 bits per heavy atom. The first-order valence-electron chi connectivity index (χ1n) is 5.29. The molecule has 0 aliphatic carbocycles. The SMILES string of the molecule is CC(C)(C)[NH3+].COC(=O)C(CC(=O)[O-])=C(C)C. The van der Waals surface area contributed by atoms with Gasteiger partial charge in [0.2, 0.25) is 0 Å². The summed E-state index contributed by atoms with van der Waals surface area (Å²) in [5, 5.41) is 10.2. The third-order valence-corrected chi connectivity index (χ3v) is 1.36. The van der Waals surface area contributed by atoms with Crippen molar-refractivity contribution in [3.05, 3.63) is 11.1 Å². The summed E-state index contributed by atoms with van der Waals surface area (Å²) >= 11 is 0. The number of aliphatic carboxylic acids is 1. The Balaban J connectivity index is 0. The average Bonchev–Trinajstić information content (AvgIpc) is 2.09. The highest BCUT2D eigenvalue weighted by Crippen LogP contribution is 2.09. The maximum Gasteiger partial charge on any atom is 0.334 e. The van der Waals surface area contributed by atoms with Crippen LogP contribution in [0.2, 0.25) is 0 Å². The van der Waals surface area contributed by atoms with E-state index in [4.69, 9.17) is 0 Å². The predicted molar refractivity (Wildman–Crippen MR) is 62.7 cm³/mol. The molecule has 100 valence electrons. The molecule has 0 aromatic rings. The first kappa shape index (κ1) is 18.0. The molecule has 0 fully saturated rings. The molecule has 17 heavy (non-hydrogen) atoms. The van der Waals surface area contributed by atoms with Crippen LogP contribution in [0.5, 0.6) is 0 Å². The second-order valence-corrected chi connectivity index (χ2v) is 5.08. The third kappa shape index (κ3) is 14.6. The summed E-state index contributed by atoms with van der Waals surface area (Å²) in [5.74, 6) is -1.89. The molecule has 0 saturated carbocycles. The minimum absolute atomic E-state index is 0.150. The van der Waals surface area contributed by atoms with Gasteiger partial charge in [-0.3, -0.25) is 0 Å². The second kappa shape index (κ2) is 7.84. The summed E-state index contributed by atoms with van der Waals surface area (Å²) in [4.78, 5) is 21.1. The third-order valence-electron chi connectivity index (χ3n) is 1.36. The van der Waals surface area contributed by atoms with Crippen LogP contribution >= 0.6 is 0 Å². The molecule has 0 bridgehead atoms. The topological polar surface area (TPSA) is 94.1 Å². The molecule has 0 spiro atoms. The molecule has 0 heterocycles. The molecule has 0 atom stereocenters. The lowest BCUT2D eigenvalue weighted by Crippen LogP contribution is -2.67. The summed E-state index contributed by atoms with van der Waals surface area (Å²) in [7, 11) is 1.21. The summed E-state index contributed by atoms with van der Waals surface area (Å²) in [5.41, 5.74) is 4.80. The standard InChI is InChI=1S/C8H12O4.C4H11N/c1-5(2)6(4-7(9)10)8(11)12-3;1-4(2,3)5/h4H2,1-3H3,(H,9,10);5H2,1-3H3. The number of carbonyl (C=O) groups is 2. The van der Waals surface area contributed by atoms with Gasteiger partial charge in [-0.25, -0.2) is 4.79 Å². The van der Waals surface area contributed by atoms with E-state index >= 15 is 0 Å². The van der Waals surface area contributed by atoms with Crippen LogP contribution in [0.3, 0.4) is 0 Å². The summed E-state index contributed by atoms with van der Waals surface area (Å²) in [6, 6.07) is 0. The van der Waals surface area contributed by atoms with E-state index in [1.165, 1.54) is 7.11 Å². The quantitative estimate of drug-likeness (QED) is 0.544. The zero-order chi connectivity index (χ0) is 14.2. The molecule has 0 aliphatic rings. The van der Waals surface area contributed by atoms with Crippen LogP contribution in [0.4, 0.5) is 0 Å². The molecular weight excluding hydrogens is 222 g/mol. The van der Waals surface area contributed by atoms with Crippen molar-refractivity contribution < 1.29 is 25.2 Å². The molecule has 0 amide bonds. The van der Waals surface area contributed by atoms with E-state index < -0.39 is 18.4 Å². The molecule has 0 saturated heterocycles. The van der Waals surface area contributed by atoms with Crippen LogP contribution < -0.4 is 10.8 Å². The van der Waals surface area contributed by atoms with Crippen molar-refractivity contribution in [1.29, 1.82) is 0 Å². The number of carboxylic acid groups (broad SMARTS) is 1. The summed E-state index contributed by atoms with van der Waals surface area (Å²) < 4.78 is 4.39. The van der Waals surface area contributed by atoms with Gasteiger partial charge in [0.15, 0.2) is 0 Å². The van der Waals surface area contributed by atoms with Gasteiger partial charge >= 0.3 is 5.97 Å². The van der Waals surface area contributed by atoms with Gasteiger partial charge in [-0.05, 0) is 34.6 Å². The van der Waals surface area contributed by atoms with Crippen molar-refractivity contribution >= 4 is 11.9 Å². The Hall–Kier alpha value is -1.36. The molecule has 0 aromatic carbocycles. The highest BCUT2D eigenvalue weighted by atomic mass is 16.5. The lowest BCUT2D eigenvalue weighted by atomic mass is 10.1. The molecular formula is C12H23NO4. The molecule has 0 aliphatic heterocycles. The van der Waals surface area contributed by atoms with E-state index in [0.29, 0.717) is 5.57 Å². The van der Waals surface area contributed by atoms with Crippen molar-refractivity contribution in [2.75, 3.05) is 7.11 Å².